The smallest absolute Gasteiger partial charge is 0.111 e. The second-order valence-corrected chi connectivity index (χ2v) is 5.09. The summed E-state index contributed by atoms with van der Waals surface area (Å²) in [5.74, 6) is 0. The van der Waals surface area contributed by atoms with Gasteiger partial charge >= 0.3 is 0 Å². The first-order valence-electron chi connectivity index (χ1n) is 6.28. The molecule has 2 aromatic carbocycles. The van der Waals surface area contributed by atoms with Crippen LogP contribution in [-0.2, 0) is 14.1 Å². The topological polar surface area (TPSA) is 9.86 Å². The molecule has 0 N–H and O–H groups in total. The lowest BCUT2D eigenvalue weighted by Crippen LogP contribution is -2.30. The van der Waals surface area contributed by atoms with Crippen molar-refractivity contribution < 1.29 is 0 Å². The summed E-state index contributed by atoms with van der Waals surface area (Å²) in [7, 11) is 4.28. The molecular weight excluding hydrogens is 220 g/mol. The fourth-order valence-electron chi connectivity index (χ4n) is 2.98. The molecule has 2 heteroatoms. The lowest BCUT2D eigenvalue weighted by molar-refractivity contribution is 0.756. The van der Waals surface area contributed by atoms with E-state index in [1.165, 1.54) is 32.9 Å². The van der Waals surface area contributed by atoms with Crippen molar-refractivity contribution >= 4 is 27.4 Å². The van der Waals surface area contributed by atoms with Crippen molar-refractivity contribution in [2.45, 2.75) is 13.8 Å². The molecule has 0 spiro atoms. The minimum atomic E-state index is 1.27. The van der Waals surface area contributed by atoms with Gasteiger partial charge in [0, 0.05) is 19.5 Å². The van der Waals surface area contributed by atoms with Crippen LogP contribution < -0.4 is 5.48 Å². The summed E-state index contributed by atoms with van der Waals surface area (Å²) >= 11 is 0. The average molecular weight is 238 g/mol. The number of benzene rings is 2. The molecule has 0 bridgehead atoms. The molecule has 0 saturated carbocycles. The zero-order chi connectivity index (χ0) is 12.9. The monoisotopic (exact) mass is 238 g/mol. The number of rotatable bonds is 0. The van der Waals surface area contributed by atoms with E-state index in [2.05, 4.69) is 73.5 Å². The summed E-state index contributed by atoms with van der Waals surface area (Å²) in [5, 5.41) is 2.64. The Morgan fingerprint density at radius 1 is 0.833 bits per heavy atom. The van der Waals surface area contributed by atoms with Crippen molar-refractivity contribution in [3.05, 3.63) is 41.9 Å². The second-order valence-electron chi connectivity index (χ2n) is 5.09. The van der Waals surface area contributed by atoms with Gasteiger partial charge in [-0.25, -0.2) is 0 Å². The summed E-state index contributed by atoms with van der Waals surface area (Å²) in [5.41, 5.74) is 5.17. The Bertz CT molecular complexity index is 754. The summed E-state index contributed by atoms with van der Waals surface area (Å²) in [6, 6.07) is 13.0. The zero-order valence-corrected chi connectivity index (χ0v) is 11.4. The predicted octanol–water partition coefficient (Wildman–Crippen LogP) is 3.14. The van der Waals surface area contributed by atoms with Crippen LogP contribution in [0.3, 0.4) is 0 Å². The molecule has 0 aliphatic carbocycles. The Kier molecular flexibility index (Phi) is 2.34. The fourth-order valence-corrected chi connectivity index (χ4v) is 2.98. The standard InChI is InChI=1S/C16H18N2/c1-11(2)16-17(3)13-9-5-7-12-8-6-10-14(15(12)13)18(16)4/h5-10H,1-4H3. The van der Waals surface area contributed by atoms with Crippen molar-refractivity contribution in [3.8, 4) is 0 Å². The number of nitrogens with zero attached hydrogens (tertiary/aromatic N) is 2. The summed E-state index contributed by atoms with van der Waals surface area (Å²) in [4.78, 5) is 0. The Balaban J connectivity index is 2.78. The molecule has 0 fully saturated rings. The van der Waals surface area contributed by atoms with Crippen LogP contribution in [-0.4, -0.2) is 9.13 Å². The van der Waals surface area contributed by atoms with Crippen LogP contribution >= 0.6 is 0 Å². The average Bonchev–Trinajstić information content (AvgIpc) is 2.35. The van der Waals surface area contributed by atoms with E-state index in [0.29, 0.717) is 0 Å². The first-order chi connectivity index (χ1) is 8.61. The highest BCUT2D eigenvalue weighted by molar-refractivity contribution is 6.07. The van der Waals surface area contributed by atoms with Crippen molar-refractivity contribution in [1.82, 2.24) is 9.13 Å². The molecule has 0 atom stereocenters. The molecular formula is C16H18N2. The van der Waals surface area contributed by atoms with Crippen LogP contribution in [0.4, 0.5) is 0 Å². The van der Waals surface area contributed by atoms with Gasteiger partial charge in [0.25, 0.3) is 0 Å². The van der Waals surface area contributed by atoms with Crippen LogP contribution in [0.25, 0.3) is 27.4 Å². The molecule has 0 unspecified atom stereocenters. The van der Waals surface area contributed by atoms with Gasteiger partial charge in [-0.05, 0) is 36.9 Å². The molecule has 0 radical (unpaired) electrons. The van der Waals surface area contributed by atoms with Gasteiger partial charge in [-0.1, -0.05) is 24.3 Å². The highest BCUT2D eigenvalue weighted by Gasteiger charge is 2.07. The lowest BCUT2D eigenvalue weighted by Gasteiger charge is -2.17. The SMILES string of the molecule is CC(C)=c1n(C)c2cccc3cccc(c32)n1C. The third-order valence-corrected chi connectivity index (χ3v) is 3.67. The minimum Gasteiger partial charge on any atom is -0.330 e. The van der Waals surface area contributed by atoms with Crippen LogP contribution in [0.1, 0.15) is 13.8 Å². The third kappa shape index (κ3) is 1.35. The summed E-state index contributed by atoms with van der Waals surface area (Å²) in [6.07, 6.45) is 0. The fraction of sp³-hybridized carbons (Fsp3) is 0.250. The quantitative estimate of drug-likeness (QED) is 0.569. The van der Waals surface area contributed by atoms with E-state index in [9.17, 15) is 0 Å². The molecule has 3 aromatic rings. The van der Waals surface area contributed by atoms with E-state index in [1.54, 1.807) is 0 Å². The van der Waals surface area contributed by atoms with E-state index in [0.717, 1.165) is 0 Å². The molecule has 3 rings (SSSR count). The predicted molar refractivity (Wildman–Crippen MR) is 78.2 cm³/mol. The first-order valence-corrected chi connectivity index (χ1v) is 6.28. The van der Waals surface area contributed by atoms with E-state index >= 15 is 0 Å². The van der Waals surface area contributed by atoms with Gasteiger partial charge in [0.1, 0.15) is 5.48 Å². The minimum absolute atomic E-state index is 1.27. The van der Waals surface area contributed by atoms with Crippen LogP contribution in [0, 0.1) is 0 Å². The molecule has 0 amide bonds. The number of hydrogen-bond acceptors (Lipinski definition) is 0. The van der Waals surface area contributed by atoms with Gasteiger partial charge in [-0.15, -0.1) is 0 Å². The van der Waals surface area contributed by atoms with Crippen molar-refractivity contribution in [2.75, 3.05) is 0 Å². The van der Waals surface area contributed by atoms with E-state index in [-0.39, 0.29) is 0 Å². The third-order valence-electron chi connectivity index (χ3n) is 3.67. The zero-order valence-electron chi connectivity index (χ0n) is 11.4. The van der Waals surface area contributed by atoms with Gasteiger partial charge in [0.15, 0.2) is 0 Å². The molecule has 92 valence electrons. The van der Waals surface area contributed by atoms with Crippen LogP contribution in [0.5, 0.6) is 0 Å². The van der Waals surface area contributed by atoms with Crippen molar-refractivity contribution in [1.29, 1.82) is 0 Å². The first kappa shape index (κ1) is 11.1. The van der Waals surface area contributed by atoms with Crippen LogP contribution in [0.2, 0.25) is 0 Å². The molecule has 1 heterocycles. The summed E-state index contributed by atoms with van der Waals surface area (Å²) in [6.45, 7) is 4.33. The lowest BCUT2D eigenvalue weighted by atomic mass is 10.1. The molecule has 18 heavy (non-hydrogen) atoms. The molecule has 0 aliphatic heterocycles. The summed E-state index contributed by atoms with van der Waals surface area (Å²) < 4.78 is 4.56. The van der Waals surface area contributed by atoms with E-state index in [4.69, 9.17) is 0 Å². The van der Waals surface area contributed by atoms with Gasteiger partial charge in [0.05, 0.1) is 11.0 Å². The highest BCUT2D eigenvalue weighted by Crippen LogP contribution is 2.24. The van der Waals surface area contributed by atoms with E-state index in [1.807, 2.05) is 0 Å². The maximum Gasteiger partial charge on any atom is 0.111 e. The molecule has 0 aliphatic rings. The number of aromatic nitrogens is 2. The van der Waals surface area contributed by atoms with Crippen molar-refractivity contribution in [2.24, 2.45) is 14.1 Å². The number of aryl methyl sites for hydroxylation is 2. The Morgan fingerprint density at radius 2 is 1.33 bits per heavy atom. The highest BCUT2D eigenvalue weighted by atomic mass is 15.1. The Labute approximate surface area is 107 Å². The molecule has 2 nitrogen and oxygen atoms in total. The molecule has 0 saturated heterocycles. The van der Waals surface area contributed by atoms with Crippen molar-refractivity contribution in [3.63, 3.8) is 0 Å². The largest absolute Gasteiger partial charge is 0.330 e. The maximum atomic E-state index is 2.28. The van der Waals surface area contributed by atoms with Gasteiger partial charge in [0.2, 0.25) is 0 Å². The normalized spacial score (nSPS) is 11.3. The Hall–Kier alpha value is -1.96. The van der Waals surface area contributed by atoms with Gasteiger partial charge in [-0.2, -0.15) is 0 Å². The number of hydrogen-bond donors (Lipinski definition) is 0. The maximum absolute atomic E-state index is 2.28. The Morgan fingerprint density at radius 3 is 1.78 bits per heavy atom. The molecule has 1 aromatic heterocycles. The van der Waals surface area contributed by atoms with Gasteiger partial charge < -0.3 is 9.13 Å². The van der Waals surface area contributed by atoms with Crippen LogP contribution in [0.15, 0.2) is 36.4 Å². The van der Waals surface area contributed by atoms with Gasteiger partial charge in [-0.3, -0.25) is 0 Å². The second kappa shape index (κ2) is 3.77. The van der Waals surface area contributed by atoms with E-state index < -0.39 is 0 Å².